The fourth-order valence-electron chi connectivity index (χ4n) is 4.00. The van der Waals surface area contributed by atoms with Crippen LogP contribution in [0.25, 0.3) is 11.1 Å². The molecule has 0 fully saturated rings. The fourth-order valence-corrected chi connectivity index (χ4v) is 4.18. The summed E-state index contributed by atoms with van der Waals surface area (Å²) in [6.45, 7) is 1.90. The zero-order valence-electron chi connectivity index (χ0n) is 20.0. The van der Waals surface area contributed by atoms with Crippen LogP contribution in [0.4, 0.5) is 9.18 Å². The number of carbonyl (C=O) groups excluding carboxylic acids is 1. The van der Waals surface area contributed by atoms with Gasteiger partial charge in [0.2, 0.25) is 0 Å². The Morgan fingerprint density at radius 2 is 1.78 bits per heavy atom. The molecule has 3 rings (SSSR count). The topological polar surface area (TPSA) is 102 Å². The van der Waals surface area contributed by atoms with Crippen molar-refractivity contribution < 1.29 is 23.8 Å². The fraction of sp³-hybridized carbons (Fsp3) is 0.286. The molecule has 0 aliphatic rings. The molecule has 0 aromatic heterocycles. The quantitative estimate of drug-likeness (QED) is 0.301. The molecule has 3 aromatic rings. The maximum atomic E-state index is 14.1. The molecule has 1 amide bonds. The van der Waals surface area contributed by atoms with E-state index in [1.54, 1.807) is 25.1 Å². The summed E-state index contributed by atoms with van der Waals surface area (Å²) in [4.78, 5) is 24.0. The number of carboxylic acids is 1. The molecule has 190 valence electrons. The van der Waals surface area contributed by atoms with Crippen LogP contribution in [0.1, 0.15) is 30.9 Å². The van der Waals surface area contributed by atoms with E-state index in [0.29, 0.717) is 22.6 Å². The van der Waals surface area contributed by atoms with E-state index in [1.807, 2.05) is 42.5 Å². The second-order valence-electron chi connectivity index (χ2n) is 9.09. The monoisotopic (exact) mass is 512 g/mol. The minimum absolute atomic E-state index is 0.135. The van der Waals surface area contributed by atoms with Gasteiger partial charge in [0.15, 0.2) is 0 Å². The van der Waals surface area contributed by atoms with E-state index in [0.717, 1.165) is 11.1 Å². The van der Waals surface area contributed by atoms with E-state index >= 15 is 0 Å². The molecule has 8 heteroatoms. The molecule has 3 aromatic carbocycles. The normalized spacial score (nSPS) is 13.4. The molecule has 1 unspecified atom stereocenters. The van der Waals surface area contributed by atoms with Gasteiger partial charge in [0.05, 0.1) is 5.41 Å². The summed E-state index contributed by atoms with van der Waals surface area (Å²) in [7, 11) is 0. The summed E-state index contributed by atoms with van der Waals surface area (Å²) >= 11 is 5.99. The van der Waals surface area contributed by atoms with Crippen molar-refractivity contribution in [3.8, 4) is 11.1 Å². The number of amides is 1. The number of nitrogens with one attached hydrogen (secondary N) is 1. The minimum atomic E-state index is -1.13. The van der Waals surface area contributed by atoms with Gasteiger partial charge in [0.1, 0.15) is 12.4 Å². The Morgan fingerprint density at radius 1 is 1.08 bits per heavy atom. The standard InChI is InChI=1S/C28H30ClFN2O4/c1-28(26(33)34,13-14-32-27(35)36-18-20-5-3-2-4-6-20)17-23(31)15-19-7-9-21(10-8-19)24-16-22(29)11-12-25(24)30/h2-12,16,23H,13-15,17-18,31H2,1H3,(H,32,35)(H,33,34)/t23-,28?/m1/s1. The second-order valence-corrected chi connectivity index (χ2v) is 9.53. The van der Waals surface area contributed by atoms with Gasteiger partial charge in [-0.1, -0.05) is 66.2 Å². The van der Waals surface area contributed by atoms with Gasteiger partial charge in [-0.15, -0.1) is 0 Å². The average Bonchev–Trinajstić information content (AvgIpc) is 2.85. The molecule has 0 saturated carbocycles. The first-order chi connectivity index (χ1) is 17.2. The second kappa shape index (κ2) is 12.5. The Labute approximate surface area is 215 Å². The minimum Gasteiger partial charge on any atom is -0.481 e. The van der Waals surface area contributed by atoms with Crippen molar-refractivity contribution in [1.82, 2.24) is 5.32 Å². The van der Waals surface area contributed by atoms with Crippen molar-refractivity contribution in [1.29, 1.82) is 0 Å². The molecule has 2 atom stereocenters. The number of rotatable bonds is 11. The van der Waals surface area contributed by atoms with Crippen molar-refractivity contribution in [2.24, 2.45) is 11.1 Å². The predicted octanol–water partition coefficient (Wildman–Crippen LogP) is 5.81. The van der Waals surface area contributed by atoms with Crippen molar-refractivity contribution in [2.45, 2.75) is 38.8 Å². The van der Waals surface area contributed by atoms with Gasteiger partial charge < -0.3 is 20.9 Å². The number of carboxylic acid groups (broad SMARTS) is 1. The average molecular weight is 513 g/mol. The molecule has 0 saturated heterocycles. The van der Waals surface area contributed by atoms with Crippen LogP contribution in [0.3, 0.4) is 0 Å². The molecule has 0 heterocycles. The third-order valence-electron chi connectivity index (χ3n) is 6.08. The van der Waals surface area contributed by atoms with Crippen LogP contribution in [0.5, 0.6) is 0 Å². The number of ether oxygens (including phenoxy) is 1. The Hall–Kier alpha value is -3.42. The highest BCUT2D eigenvalue weighted by Gasteiger charge is 2.34. The largest absolute Gasteiger partial charge is 0.481 e. The number of hydrogen-bond acceptors (Lipinski definition) is 4. The van der Waals surface area contributed by atoms with Crippen molar-refractivity contribution in [2.75, 3.05) is 6.54 Å². The van der Waals surface area contributed by atoms with Gasteiger partial charge in [-0.3, -0.25) is 4.79 Å². The smallest absolute Gasteiger partial charge is 0.407 e. The number of hydrogen-bond donors (Lipinski definition) is 3. The lowest BCUT2D eigenvalue weighted by molar-refractivity contribution is -0.149. The van der Waals surface area contributed by atoms with Crippen molar-refractivity contribution in [3.63, 3.8) is 0 Å². The number of benzene rings is 3. The molecule has 36 heavy (non-hydrogen) atoms. The Morgan fingerprint density at radius 3 is 2.44 bits per heavy atom. The third kappa shape index (κ3) is 7.80. The number of aliphatic carboxylic acids is 1. The highest BCUT2D eigenvalue weighted by molar-refractivity contribution is 6.30. The summed E-state index contributed by atoms with van der Waals surface area (Å²) < 4.78 is 19.3. The molecular formula is C28H30ClFN2O4. The number of alkyl carbamates (subject to hydrolysis) is 1. The molecule has 0 bridgehead atoms. The Bertz CT molecular complexity index is 1170. The molecule has 0 aliphatic heterocycles. The lowest BCUT2D eigenvalue weighted by atomic mass is 9.79. The Kier molecular flexibility index (Phi) is 9.44. The summed E-state index contributed by atoms with van der Waals surface area (Å²) in [5.41, 5.74) is 8.05. The maximum absolute atomic E-state index is 14.1. The van der Waals surface area contributed by atoms with Crippen LogP contribution in [0.15, 0.2) is 72.8 Å². The van der Waals surface area contributed by atoms with Gasteiger partial charge in [-0.25, -0.2) is 9.18 Å². The van der Waals surface area contributed by atoms with E-state index in [9.17, 15) is 19.1 Å². The zero-order valence-corrected chi connectivity index (χ0v) is 20.8. The van der Waals surface area contributed by atoms with Gasteiger partial charge in [0, 0.05) is 23.2 Å². The summed E-state index contributed by atoms with van der Waals surface area (Å²) in [5, 5.41) is 12.9. The summed E-state index contributed by atoms with van der Waals surface area (Å²) in [6, 6.07) is 20.5. The van der Waals surface area contributed by atoms with Crippen LogP contribution in [-0.4, -0.2) is 29.8 Å². The van der Waals surface area contributed by atoms with Crippen LogP contribution in [0.2, 0.25) is 5.02 Å². The highest BCUT2D eigenvalue weighted by atomic mass is 35.5. The van der Waals surface area contributed by atoms with Crippen molar-refractivity contribution >= 4 is 23.7 Å². The van der Waals surface area contributed by atoms with Crippen LogP contribution >= 0.6 is 11.6 Å². The van der Waals surface area contributed by atoms with Crippen LogP contribution < -0.4 is 11.1 Å². The van der Waals surface area contributed by atoms with Crippen LogP contribution in [0, 0.1) is 11.2 Å². The molecule has 6 nitrogen and oxygen atoms in total. The van der Waals surface area contributed by atoms with Crippen LogP contribution in [-0.2, 0) is 22.6 Å². The first kappa shape index (κ1) is 27.2. The SMILES string of the molecule is CC(CCNC(=O)OCc1ccccc1)(C[C@H](N)Cc1ccc(-c2cc(Cl)ccc2F)cc1)C(=O)O. The van der Waals surface area contributed by atoms with Gasteiger partial charge in [-0.05, 0) is 61.1 Å². The van der Waals surface area contributed by atoms with Gasteiger partial charge in [0.25, 0.3) is 0 Å². The number of carbonyl (C=O) groups is 2. The van der Waals surface area contributed by atoms with E-state index in [-0.39, 0.29) is 31.8 Å². The molecule has 4 N–H and O–H groups in total. The van der Waals surface area contributed by atoms with E-state index in [2.05, 4.69) is 5.32 Å². The number of halogens is 2. The lowest BCUT2D eigenvalue weighted by Gasteiger charge is -2.28. The first-order valence-corrected chi connectivity index (χ1v) is 12.0. The van der Waals surface area contributed by atoms with Gasteiger partial charge >= 0.3 is 12.1 Å². The first-order valence-electron chi connectivity index (χ1n) is 11.6. The predicted molar refractivity (Wildman–Crippen MR) is 138 cm³/mol. The molecule has 0 aliphatic carbocycles. The molecule has 0 spiro atoms. The zero-order chi connectivity index (χ0) is 26.1. The van der Waals surface area contributed by atoms with Gasteiger partial charge in [-0.2, -0.15) is 0 Å². The molecular weight excluding hydrogens is 483 g/mol. The van der Waals surface area contributed by atoms with E-state index in [1.165, 1.54) is 12.1 Å². The van der Waals surface area contributed by atoms with E-state index in [4.69, 9.17) is 22.1 Å². The summed E-state index contributed by atoms with van der Waals surface area (Å²) in [6.07, 6.45) is 0.261. The third-order valence-corrected chi connectivity index (χ3v) is 6.31. The number of nitrogens with two attached hydrogens (primary N) is 1. The summed E-state index contributed by atoms with van der Waals surface area (Å²) in [5.74, 6) is -1.34. The van der Waals surface area contributed by atoms with Crippen molar-refractivity contribution in [3.05, 3.63) is 94.8 Å². The Balaban J connectivity index is 1.51. The van der Waals surface area contributed by atoms with E-state index < -0.39 is 23.5 Å². The molecule has 0 radical (unpaired) electrons. The maximum Gasteiger partial charge on any atom is 0.407 e. The lowest BCUT2D eigenvalue weighted by Crippen LogP contribution is -2.39. The highest BCUT2D eigenvalue weighted by Crippen LogP contribution is 2.29.